The van der Waals surface area contributed by atoms with Gasteiger partial charge in [-0.3, -0.25) is 10.8 Å². The summed E-state index contributed by atoms with van der Waals surface area (Å²) in [5.41, 5.74) is 10.3. The van der Waals surface area contributed by atoms with E-state index < -0.39 is 5.41 Å². The zero-order valence-corrected chi connectivity index (χ0v) is 7.19. The van der Waals surface area contributed by atoms with Crippen LogP contribution < -0.4 is 11.5 Å². The summed E-state index contributed by atoms with van der Waals surface area (Å²) < 4.78 is 0. The van der Waals surface area contributed by atoms with Gasteiger partial charge in [-0.2, -0.15) is 0 Å². The van der Waals surface area contributed by atoms with Crippen LogP contribution in [0.25, 0.3) is 0 Å². The molecule has 0 amide bonds. The molecule has 6 N–H and O–H groups in total. The van der Waals surface area contributed by atoms with E-state index in [1.807, 2.05) is 0 Å². The van der Waals surface area contributed by atoms with Crippen molar-refractivity contribution in [2.45, 2.75) is 32.1 Å². The van der Waals surface area contributed by atoms with Gasteiger partial charge < -0.3 is 11.5 Å². The molecular weight excluding hydrogens is 152 g/mol. The molecule has 0 radical (unpaired) electrons. The molecule has 1 aliphatic rings. The summed E-state index contributed by atoms with van der Waals surface area (Å²) in [6, 6.07) is 0. The maximum atomic E-state index is 7.42. The Morgan fingerprint density at radius 3 is 1.58 bits per heavy atom. The molecule has 0 heterocycles. The second-order valence-corrected chi connectivity index (χ2v) is 3.47. The summed E-state index contributed by atoms with van der Waals surface area (Å²) in [6.07, 6.45) is 4.77. The minimum absolute atomic E-state index is 0.0645. The largest absolute Gasteiger partial charge is 0.387 e. The molecule has 0 spiro atoms. The van der Waals surface area contributed by atoms with Gasteiger partial charge in [-0.05, 0) is 12.8 Å². The van der Waals surface area contributed by atoms with Crippen molar-refractivity contribution in [2.24, 2.45) is 16.9 Å². The van der Waals surface area contributed by atoms with Crippen LogP contribution in [0.3, 0.4) is 0 Å². The van der Waals surface area contributed by atoms with Crippen LogP contribution in [0.2, 0.25) is 0 Å². The zero-order valence-electron chi connectivity index (χ0n) is 7.19. The van der Waals surface area contributed by atoms with Crippen LogP contribution in [-0.4, -0.2) is 11.7 Å². The van der Waals surface area contributed by atoms with E-state index in [4.69, 9.17) is 22.3 Å². The van der Waals surface area contributed by atoms with Gasteiger partial charge in [0.25, 0.3) is 0 Å². The Morgan fingerprint density at radius 2 is 1.33 bits per heavy atom. The quantitative estimate of drug-likeness (QED) is 0.362. The summed E-state index contributed by atoms with van der Waals surface area (Å²) in [5, 5.41) is 14.8. The molecule has 1 aliphatic carbocycles. The molecule has 12 heavy (non-hydrogen) atoms. The lowest BCUT2D eigenvalue weighted by Gasteiger charge is -2.34. The fourth-order valence-corrected chi connectivity index (χ4v) is 1.84. The highest BCUT2D eigenvalue weighted by molar-refractivity contribution is 6.06. The normalized spacial score (nSPS) is 21.7. The van der Waals surface area contributed by atoms with Crippen LogP contribution in [-0.2, 0) is 0 Å². The molecule has 1 saturated carbocycles. The van der Waals surface area contributed by atoms with Crippen molar-refractivity contribution in [3.63, 3.8) is 0 Å². The molecule has 1 fully saturated rings. The maximum Gasteiger partial charge on any atom is 0.105 e. The summed E-state index contributed by atoms with van der Waals surface area (Å²) in [4.78, 5) is 0. The summed E-state index contributed by atoms with van der Waals surface area (Å²) in [6.45, 7) is 0. The molecule has 0 atom stereocenters. The van der Waals surface area contributed by atoms with E-state index in [2.05, 4.69) is 0 Å². The van der Waals surface area contributed by atoms with E-state index in [-0.39, 0.29) is 11.7 Å². The molecule has 0 saturated heterocycles. The Kier molecular flexibility index (Phi) is 2.35. The Morgan fingerprint density at radius 1 is 0.917 bits per heavy atom. The number of hydrogen-bond donors (Lipinski definition) is 4. The standard InChI is InChI=1S/C8H16N4/c9-6(10)8(7(11)12)4-2-1-3-5-8/h1-5H2,(H3,9,10)(H3,11,12). The third-order valence-electron chi connectivity index (χ3n) is 2.74. The SMILES string of the molecule is N=C(N)C1(C(=N)N)CCCCC1. The van der Waals surface area contributed by atoms with E-state index in [1.54, 1.807) is 0 Å². The van der Waals surface area contributed by atoms with E-state index in [0.717, 1.165) is 25.7 Å². The number of nitrogens with one attached hydrogen (secondary N) is 2. The first-order chi connectivity index (χ1) is 5.59. The van der Waals surface area contributed by atoms with Crippen LogP contribution in [0.4, 0.5) is 0 Å². The minimum Gasteiger partial charge on any atom is -0.387 e. The van der Waals surface area contributed by atoms with Gasteiger partial charge in [0.2, 0.25) is 0 Å². The molecule has 0 bridgehead atoms. The maximum absolute atomic E-state index is 7.42. The van der Waals surface area contributed by atoms with Crippen LogP contribution >= 0.6 is 0 Å². The lowest BCUT2D eigenvalue weighted by Crippen LogP contribution is -2.48. The van der Waals surface area contributed by atoms with Crippen molar-refractivity contribution in [3.8, 4) is 0 Å². The van der Waals surface area contributed by atoms with Crippen molar-refractivity contribution >= 4 is 11.7 Å². The molecule has 0 aromatic carbocycles. The smallest absolute Gasteiger partial charge is 0.105 e. The Balaban J connectivity index is 2.84. The highest BCUT2D eigenvalue weighted by Crippen LogP contribution is 2.35. The van der Waals surface area contributed by atoms with Gasteiger partial charge in [0.05, 0.1) is 5.41 Å². The summed E-state index contributed by atoms with van der Waals surface area (Å²) in [5.74, 6) is 0.129. The Bertz CT molecular complexity index is 187. The first kappa shape index (κ1) is 9.03. The molecule has 0 aliphatic heterocycles. The molecule has 68 valence electrons. The average molecular weight is 168 g/mol. The highest BCUT2D eigenvalue weighted by atomic mass is 14.8. The lowest BCUT2D eigenvalue weighted by atomic mass is 9.72. The Labute approximate surface area is 72.3 Å². The summed E-state index contributed by atoms with van der Waals surface area (Å²) >= 11 is 0. The second-order valence-electron chi connectivity index (χ2n) is 3.47. The third-order valence-corrected chi connectivity index (χ3v) is 2.74. The van der Waals surface area contributed by atoms with Gasteiger partial charge in [0, 0.05) is 0 Å². The first-order valence-corrected chi connectivity index (χ1v) is 4.28. The zero-order chi connectivity index (χ0) is 9.19. The van der Waals surface area contributed by atoms with Crippen molar-refractivity contribution in [1.82, 2.24) is 0 Å². The lowest BCUT2D eigenvalue weighted by molar-refractivity contribution is 0.368. The molecular formula is C8H16N4. The monoisotopic (exact) mass is 168 g/mol. The number of rotatable bonds is 2. The summed E-state index contributed by atoms with van der Waals surface area (Å²) in [7, 11) is 0. The molecule has 0 unspecified atom stereocenters. The van der Waals surface area contributed by atoms with E-state index >= 15 is 0 Å². The van der Waals surface area contributed by atoms with Gasteiger partial charge >= 0.3 is 0 Å². The van der Waals surface area contributed by atoms with Gasteiger partial charge in [-0.15, -0.1) is 0 Å². The van der Waals surface area contributed by atoms with Crippen LogP contribution in [0.15, 0.2) is 0 Å². The van der Waals surface area contributed by atoms with Crippen LogP contribution in [0.5, 0.6) is 0 Å². The average Bonchev–Trinajstić information content (AvgIpc) is 2.05. The number of hydrogen-bond acceptors (Lipinski definition) is 2. The second kappa shape index (κ2) is 3.13. The molecule has 1 rings (SSSR count). The molecule has 0 aromatic heterocycles. The topological polar surface area (TPSA) is 99.7 Å². The third kappa shape index (κ3) is 1.29. The van der Waals surface area contributed by atoms with Crippen molar-refractivity contribution < 1.29 is 0 Å². The first-order valence-electron chi connectivity index (χ1n) is 4.28. The van der Waals surface area contributed by atoms with E-state index in [0.29, 0.717) is 0 Å². The fourth-order valence-electron chi connectivity index (χ4n) is 1.84. The predicted octanol–water partition coefficient (Wildman–Crippen LogP) is 0.809. The number of nitrogens with two attached hydrogens (primary N) is 2. The predicted molar refractivity (Wildman–Crippen MR) is 49.3 cm³/mol. The van der Waals surface area contributed by atoms with Gasteiger partial charge in [0.15, 0.2) is 0 Å². The van der Waals surface area contributed by atoms with Crippen molar-refractivity contribution in [2.75, 3.05) is 0 Å². The molecule has 4 heteroatoms. The van der Waals surface area contributed by atoms with E-state index in [9.17, 15) is 0 Å². The highest BCUT2D eigenvalue weighted by Gasteiger charge is 2.38. The molecule has 0 aromatic rings. The number of amidine groups is 2. The Hall–Kier alpha value is -1.06. The van der Waals surface area contributed by atoms with E-state index in [1.165, 1.54) is 6.42 Å². The van der Waals surface area contributed by atoms with Crippen molar-refractivity contribution in [1.29, 1.82) is 10.8 Å². The van der Waals surface area contributed by atoms with Crippen LogP contribution in [0.1, 0.15) is 32.1 Å². The van der Waals surface area contributed by atoms with Gasteiger partial charge in [-0.25, -0.2) is 0 Å². The van der Waals surface area contributed by atoms with Crippen molar-refractivity contribution in [3.05, 3.63) is 0 Å². The molecule has 4 nitrogen and oxygen atoms in total. The van der Waals surface area contributed by atoms with Gasteiger partial charge in [0.1, 0.15) is 11.7 Å². The van der Waals surface area contributed by atoms with Crippen LogP contribution in [0, 0.1) is 16.2 Å². The van der Waals surface area contributed by atoms with Gasteiger partial charge in [-0.1, -0.05) is 19.3 Å². The fraction of sp³-hybridized carbons (Fsp3) is 0.750. The minimum atomic E-state index is -0.599.